The summed E-state index contributed by atoms with van der Waals surface area (Å²) in [5, 5.41) is 0. The van der Waals surface area contributed by atoms with Gasteiger partial charge in [0.1, 0.15) is 18.1 Å². The summed E-state index contributed by atoms with van der Waals surface area (Å²) in [7, 11) is 0. The number of ether oxygens (including phenoxy) is 1. The molecule has 8 heteroatoms. The number of amides is 2. The zero-order valence-electron chi connectivity index (χ0n) is 13.9. The van der Waals surface area contributed by atoms with E-state index < -0.39 is 0 Å². The van der Waals surface area contributed by atoms with E-state index in [4.69, 9.17) is 4.74 Å². The highest BCUT2D eigenvalue weighted by Gasteiger charge is 2.44. The van der Waals surface area contributed by atoms with Crippen LogP contribution in [0, 0.1) is 5.82 Å². The quantitative estimate of drug-likeness (QED) is 0.816. The molecule has 0 bridgehead atoms. The third-order valence-electron chi connectivity index (χ3n) is 4.71. The maximum atomic E-state index is 13.1. The minimum absolute atomic E-state index is 0.0183. The maximum Gasteiger partial charge on any atom is 0.274 e. The molecule has 2 aliphatic heterocycles. The summed E-state index contributed by atoms with van der Waals surface area (Å²) in [6, 6.07) is 5.82. The summed E-state index contributed by atoms with van der Waals surface area (Å²) in [4.78, 5) is 36.3. The third-order valence-corrected chi connectivity index (χ3v) is 4.71. The Hall–Kier alpha value is -2.87. The Bertz CT molecular complexity index is 815. The number of nitrogens with zero attached hydrogens (tertiary/aromatic N) is 4. The van der Waals surface area contributed by atoms with E-state index in [1.807, 2.05) is 0 Å². The van der Waals surface area contributed by atoms with Crippen LogP contribution in [0.3, 0.4) is 0 Å². The van der Waals surface area contributed by atoms with Crippen LogP contribution in [0.15, 0.2) is 42.9 Å². The minimum atomic E-state index is -0.318. The van der Waals surface area contributed by atoms with Crippen LogP contribution >= 0.6 is 0 Å². The Kier molecular flexibility index (Phi) is 4.34. The number of likely N-dealkylation sites (tertiary alicyclic amines) is 1. The second-order valence-electron chi connectivity index (χ2n) is 6.37. The highest BCUT2D eigenvalue weighted by atomic mass is 19.1. The molecular formula is C18H17FN4O3. The SMILES string of the molecule is O=C(c1cnccn1)N1C[C@@H]2OCC(=O)N(Cc3ccc(F)cc3)[C@@H]2C1. The molecule has 2 fully saturated rings. The van der Waals surface area contributed by atoms with Crippen LogP contribution in [0.5, 0.6) is 0 Å². The van der Waals surface area contributed by atoms with E-state index >= 15 is 0 Å². The first kappa shape index (κ1) is 16.6. The summed E-state index contributed by atoms with van der Waals surface area (Å²) in [5.74, 6) is -0.684. The minimum Gasteiger partial charge on any atom is -0.364 e. The van der Waals surface area contributed by atoms with Crippen molar-refractivity contribution < 1.29 is 18.7 Å². The van der Waals surface area contributed by atoms with Crippen molar-refractivity contribution in [3.63, 3.8) is 0 Å². The van der Waals surface area contributed by atoms with Gasteiger partial charge in [-0.2, -0.15) is 0 Å². The summed E-state index contributed by atoms with van der Waals surface area (Å²) < 4.78 is 18.7. The summed E-state index contributed by atoms with van der Waals surface area (Å²) in [5.41, 5.74) is 1.10. The fourth-order valence-corrected chi connectivity index (χ4v) is 3.40. The Balaban J connectivity index is 1.51. The van der Waals surface area contributed by atoms with Gasteiger partial charge in [0, 0.05) is 32.0 Å². The van der Waals surface area contributed by atoms with Gasteiger partial charge in [-0.25, -0.2) is 9.37 Å². The molecule has 1 aromatic carbocycles. The van der Waals surface area contributed by atoms with Crippen molar-refractivity contribution in [2.45, 2.75) is 18.7 Å². The van der Waals surface area contributed by atoms with E-state index in [0.29, 0.717) is 19.6 Å². The Morgan fingerprint density at radius 3 is 2.77 bits per heavy atom. The van der Waals surface area contributed by atoms with E-state index in [1.165, 1.54) is 30.7 Å². The van der Waals surface area contributed by atoms with Gasteiger partial charge in [0.2, 0.25) is 5.91 Å². The zero-order chi connectivity index (χ0) is 18.1. The number of benzene rings is 1. The van der Waals surface area contributed by atoms with Crippen molar-refractivity contribution in [1.82, 2.24) is 19.8 Å². The largest absolute Gasteiger partial charge is 0.364 e. The van der Waals surface area contributed by atoms with Gasteiger partial charge < -0.3 is 14.5 Å². The number of carbonyl (C=O) groups is 2. The predicted molar refractivity (Wildman–Crippen MR) is 88.4 cm³/mol. The van der Waals surface area contributed by atoms with Crippen molar-refractivity contribution in [1.29, 1.82) is 0 Å². The van der Waals surface area contributed by atoms with Gasteiger partial charge in [-0.05, 0) is 17.7 Å². The van der Waals surface area contributed by atoms with E-state index in [-0.39, 0.29) is 42.1 Å². The van der Waals surface area contributed by atoms with Crippen molar-refractivity contribution >= 4 is 11.8 Å². The molecule has 0 spiro atoms. The number of hydrogen-bond donors (Lipinski definition) is 0. The average molecular weight is 356 g/mol. The molecule has 0 saturated carbocycles. The van der Waals surface area contributed by atoms with Crippen LogP contribution in [0.4, 0.5) is 4.39 Å². The predicted octanol–water partition coefficient (Wildman–Crippen LogP) is 0.868. The zero-order valence-corrected chi connectivity index (χ0v) is 13.9. The number of halogens is 1. The van der Waals surface area contributed by atoms with Crippen molar-refractivity contribution in [2.24, 2.45) is 0 Å². The molecule has 2 saturated heterocycles. The highest BCUT2D eigenvalue weighted by molar-refractivity contribution is 5.92. The Morgan fingerprint density at radius 2 is 2.04 bits per heavy atom. The van der Waals surface area contributed by atoms with Crippen molar-refractivity contribution in [3.8, 4) is 0 Å². The molecule has 26 heavy (non-hydrogen) atoms. The first-order valence-electron chi connectivity index (χ1n) is 8.32. The first-order valence-corrected chi connectivity index (χ1v) is 8.32. The van der Waals surface area contributed by atoms with Crippen LogP contribution in [0.1, 0.15) is 16.1 Å². The number of morpholine rings is 1. The summed E-state index contributed by atoms with van der Waals surface area (Å²) in [6.45, 7) is 1.10. The molecule has 2 aromatic rings. The molecule has 2 aliphatic rings. The first-order chi connectivity index (χ1) is 12.6. The highest BCUT2D eigenvalue weighted by Crippen LogP contribution is 2.26. The smallest absolute Gasteiger partial charge is 0.274 e. The second-order valence-corrected chi connectivity index (χ2v) is 6.37. The molecule has 0 unspecified atom stereocenters. The molecule has 0 radical (unpaired) electrons. The molecule has 4 rings (SSSR count). The van der Waals surface area contributed by atoms with Gasteiger partial charge in [-0.15, -0.1) is 0 Å². The molecule has 0 aliphatic carbocycles. The van der Waals surface area contributed by atoms with Crippen LogP contribution in [-0.2, 0) is 16.1 Å². The molecule has 7 nitrogen and oxygen atoms in total. The Labute approximate surface area is 149 Å². The maximum absolute atomic E-state index is 13.1. The lowest BCUT2D eigenvalue weighted by Crippen LogP contribution is -2.53. The van der Waals surface area contributed by atoms with Gasteiger partial charge in [-0.3, -0.25) is 14.6 Å². The van der Waals surface area contributed by atoms with E-state index in [1.54, 1.807) is 21.9 Å². The van der Waals surface area contributed by atoms with Gasteiger partial charge in [-0.1, -0.05) is 12.1 Å². The van der Waals surface area contributed by atoms with E-state index in [2.05, 4.69) is 9.97 Å². The fraction of sp³-hybridized carbons (Fsp3) is 0.333. The van der Waals surface area contributed by atoms with E-state index in [9.17, 15) is 14.0 Å². The number of hydrogen-bond acceptors (Lipinski definition) is 5. The topological polar surface area (TPSA) is 75.6 Å². The molecule has 134 valence electrons. The normalized spacial score (nSPS) is 22.4. The third kappa shape index (κ3) is 3.15. The lowest BCUT2D eigenvalue weighted by atomic mass is 10.1. The number of rotatable bonds is 3. The monoisotopic (exact) mass is 356 g/mol. The number of carbonyl (C=O) groups excluding carboxylic acids is 2. The average Bonchev–Trinajstić information content (AvgIpc) is 3.10. The van der Waals surface area contributed by atoms with Gasteiger partial charge in [0.05, 0.1) is 18.3 Å². The molecule has 3 heterocycles. The van der Waals surface area contributed by atoms with Crippen LogP contribution < -0.4 is 0 Å². The Morgan fingerprint density at radius 1 is 1.23 bits per heavy atom. The molecule has 1 aromatic heterocycles. The van der Waals surface area contributed by atoms with Crippen molar-refractivity contribution in [2.75, 3.05) is 19.7 Å². The molecule has 2 atom stereocenters. The fourth-order valence-electron chi connectivity index (χ4n) is 3.40. The van der Waals surface area contributed by atoms with Crippen LogP contribution in [-0.4, -0.2) is 63.4 Å². The number of aromatic nitrogens is 2. The second kappa shape index (κ2) is 6.80. The molecule has 2 amide bonds. The lowest BCUT2D eigenvalue weighted by molar-refractivity contribution is -0.153. The molecule has 0 N–H and O–H groups in total. The van der Waals surface area contributed by atoms with Gasteiger partial charge >= 0.3 is 0 Å². The lowest BCUT2D eigenvalue weighted by Gasteiger charge is -2.36. The standard InChI is InChI=1S/C18H17FN4O3/c19-13-3-1-12(2-4-13)8-23-15-9-22(10-16(15)26-11-17(23)24)18(25)14-7-20-5-6-21-14/h1-7,15-16H,8-11H2/t15-,16+/m1/s1. The summed E-state index contributed by atoms with van der Waals surface area (Å²) >= 11 is 0. The summed E-state index contributed by atoms with van der Waals surface area (Å²) in [6.07, 6.45) is 4.16. The van der Waals surface area contributed by atoms with Crippen molar-refractivity contribution in [3.05, 3.63) is 59.9 Å². The van der Waals surface area contributed by atoms with Gasteiger partial charge in [0.15, 0.2) is 0 Å². The van der Waals surface area contributed by atoms with Crippen LogP contribution in [0.25, 0.3) is 0 Å². The number of fused-ring (bicyclic) bond motifs is 1. The molecular weight excluding hydrogens is 339 g/mol. The van der Waals surface area contributed by atoms with Crippen LogP contribution in [0.2, 0.25) is 0 Å². The van der Waals surface area contributed by atoms with E-state index in [0.717, 1.165) is 5.56 Å². The van der Waals surface area contributed by atoms with Gasteiger partial charge in [0.25, 0.3) is 5.91 Å².